The Hall–Kier alpha value is -2.66. The Morgan fingerprint density at radius 3 is 1.53 bits per heavy atom. The van der Waals surface area contributed by atoms with Crippen LogP contribution in [0.2, 0.25) is 0 Å². The van der Waals surface area contributed by atoms with Crippen molar-refractivity contribution in [1.82, 2.24) is 5.32 Å². The molecule has 1 saturated carbocycles. The fourth-order valence-electron chi connectivity index (χ4n) is 6.14. The summed E-state index contributed by atoms with van der Waals surface area (Å²) in [5, 5.41) is 3.65. The maximum atomic E-state index is 12.8. The predicted octanol–water partition coefficient (Wildman–Crippen LogP) is 3.70. The molecule has 2 aromatic carbocycles. The lowest BCUT2D eigenvalue weighted by atomic mass is 9.74. The molecule has 156 valence electrons. The Bertz CT molecular complexity index is 855. The second-order valence-electron chi connectivity index (χ2n) is 9.04. The number of rotatable bonds is 4. The Morgan fingerprint density at radius 2 is 1.13 bits per heavy atom. The molecule has 30 heavy (non-hydrogen) atoms. The normalized spacial score (nSPS) is 36.3. The molecule has 5 rings (SSSR count). The van der Waals surface area contributed by atoms with Crippen molar-refractivity contribution in [2.45, 2.75) is 44.6 Å². The Morgan fingerprint density at radius 1 is 0.733 bits per heavy atom. The van der Waals surface area contributed by atoms with E-state index in [1.54, 1.807) is 24.3 Å². The molecule has 2 saturated heterocycles. The molecule has 8 atom stereocenters. The third kappa shape index (κ3) is 3.12. The third-order valence-electron chi connectivity index (χ3n) is 7.25. The first-order valence-electron chi connectivity index (χ1n) is 10.8. The van der Waals surface area contributed by atoms with E-state index in [9.17, 15) is 9.59 Å². The van der Waals surface area contributed by atoms with E-state index in [4.69, 9.17) is 9.47 Å². The zero-order valence-corrected chi connectivity index (χ0v) is 17.2. The van der Waals surface area contributed by atoms with Crippen LogP contribution in [0.1, 0.15) is 41.0 Å². The highest BCUT2D eigenvalue weighted by Gasteiger charge is 2.65. The lowest BCUT2D eigenvalue weighted by Crippen LogP contribution is -2.51. The van der Waals surface area contributed by atoms with E-state index in [0.29, 0.717) is 34.8 Å². The molecule has 3 fully saturated rings. The molecule has 2 bridgehead atoms. The average molecular weight is 405 g/mol. The van der Waals surface area contributed by atoms with Gasteiger partial charge >= 0.3 is 11.9 Å². The topological polar surface area (TPSA) is 64.6 Å². The zero-order chi connectivity index (χ0) is 20.8. The van der Waals surface area contributed by atoms with Gasteiger partial charge in [-0.05, 0) is 54.4 Å². The van der Waals surface area contributed by atoms with Crippen molar-refractivity contribution in [2.75, 3.05) is 0 Å². The van der Waals surface area contributed by atoms with Gasteiger partial charge in [-0.1, -0.05) is 50.2 Å². The summed E-state index contributed by atoms with van der Waals surface area (Å²) in [6.45, 7) is 4.56. The highest BCUT2D eigenvalue weighted by atomic mass is 16.6. The zero-order valence-electron chi connectivity index (χ0n) is 17.2. The van der Waals surface area contributed by atoms with Gasteiger partial charge in [-0.15, -0.1) is 0 Å². The predicted molar refractivity (Wildman–Crippen MR) is 112 cm³/mol. The second-order valence-corrected chi connectivity index (χ2v) is 9.04. The number of nitrogens with one attached hydrogen (secondary N) is 1. The molecule has 1 aliphatic carbocycles. The summed E-state index contributed by atoms with van der Waals surface area (Å²) in [6.07, 6.45) is 0.191. The van der Waals surface area contributed by atoms with Crippen molar-refractivity contribution in [3.05, 3.63) is 71.8 Å². The summed E-state index contributed by atoms with van der Waals surface area (Å²) in [5.41, 5.74) is 1.02. The van der Waals surface area contributed by atoms with Crippen molar-refractivity contribution in [1.29, 1.82) is 0 Å². The number of carbonyl (C=O) groups is 2. The summed E-state index contributed by atoms with van der Waals surface area (Å²) in [7, 11) is 0. The Labute approximate surface area is 176 Å². The average Bonchev–Trinajstić information content (AvgIpc) is 3.41. The summed E-state index contributed by atoms with van der Waals surface area (Å²) in [6, 6.07) is 18.0. The van der Waals surface area contributed by atoms with Gasteiger partial charge < -0.3 is 14.8 Å². The van der Waals surface area contributed by atoms with Crippen LogP contribution in [-0.4, -0.2) is 36.2 Å². The molecule has 8 unspecified atom stereocenters. The van der Waals surface area contributed by atoms with Crippen LogP contribution in [0.25, 0.3) is 0 Å². The molecule has 2 aromatic rings. The fraction of sp³-hybridized carbons (Fsp3) is 0.440. The van der Waals surface area contributed by atoms with Crippen LogP contribution in [0.3, 0.4) is 0 Å². The molecule has 0 amide bonds. The number of ether oxygens (including phenoxy) is 2. The van der Waals surface area contributed by atoms with Gasteiger partial charge in [0.2, 0.25) is 0 Å². The minimum Gasteiger partial charge on any atom is -0.453 e. The van der Waals surface area contributed by atoms with E-state index in [1.165, 1.54) is 0 Å². The molecule has 5 nitrogen and oxygen atoms in total. The van der Waals surface area contributed by atoms with Crippen molar-refractivity contribution in [3.63, 3.8) is 0 Å². The number of hydrogen-bond donors (Lipinski definition) is 1. The van der Waals surface area contributed by atoms with Crippen molar-refractivity contribution in [2.24, 2.45) is 23.7 Å². The van der Waals surface area contributed by atoms with Crippen LogP contribution in [0.5, 0.6) is 0 Å². The van der Waals surface area contributed by atoms with Gasteiger partial charge in [0.05, 0.1) is 23.2 Å². The molecule has 2 aliphatic heterocycles. The van der Waals surface area contributed by atoms with Gasteiger partial charge in [0.1, 0.15) is 0 Å². The number of carbonyl (C=O) groups excluding carboxylic acids is 2. The van der Waals surface area contributed by atoms with E-state index < -0.39 is 12.2 Å². The van der Waals surface area contributed by atoms with Gasteiger partial charge in [0.25, 0.3) is 0 Å². The molecule has 0 aromatic heterocycles. The molecule has 0 spiro atoms. The van der Waals surface area contributed by atoms with Gasteiger partial charge in [-0.3, -0.25) is 0 Å². The molecule has 3 aliphatic rings. The lowest BCUT2D eigenvalue weighted by Gasteiger charge is -2.37. The monoisotopic (exact) mass is 405 g/mol. The van der Waals surface area contributed by atoms with E-state index in [-0.39, 0.29) is 24.0 Å². The summed E-state index contributed by atoms with van der Waals surface area (Å²) < 4.78 is 12.0. The van der Waals surface area contributed by atoms with E-state index in [1.807, 2.05) is 36.4 Å². The van der Waals surface area contributed by atoms with Crippen molar-refractivity contribution >= 4 is 11.9 Å². The van der Waals surface area contributed by atoms with Crippen LogP contribution >= 0.6 is 0 Å². The molecular weight excluding hydrogens is 378 g/mol. The smallest absolute Gasteiger partial charge is 0.338 e. The molecule has 2 heterocycles. The van der Waals surface area contributed by atoms with Gasteiger partial charge in [0.15, 0.2) is 12.2 Å². The van der Waals surface area contributed by atoms with Crippen LogP contribution < -0.4 is 5.32 Å². The van der Waals surface area contributed by atoms with Crippen LogP contribution in [0.4, 0.5) is 0 Å². The van der Waals surface area contributed by atoms with Crippen LogP contribution in [0, 0.1) is 23.7 Å². The first-order valence-corrected chi connectivity index (χ1v) is 10.8. The lowest BCUT2D eigenvalue weighted by molar-refractivity contribution is -0.0590. The molecule has 0 radical (unpaired) electrons. The van der Waals surface area contributed by atoms with Crippen molar-refractivity contribution in [3.8, 4) is 0 Å². The first kappa shape index (κ1) is 19.3. The molecular formula is C25H27NO4. The van der Waals surface area contributed by atoms with Gasteiger partial charge in [-0.25, -0.2) is 9.59 Å². The summed E-state index contributed by atoms with van der Waals surface area (Å²) in [4.78, 5) is 25.7. The van der Waals surface area contributed by atoms with Crippen LogP contribution in [0.15, 0.2) is 60.7 Å². The quantitative estimate of drug-likeness (QED) is 0.786. The minimum absolute atomic E-state index is 0.0150. The summed E-state index contributed by atoms with van der Waals surface area (Å²) >= 11 is 0. The summed E-state index contributed by atoms with van der Waals surface area (Å²) in [5.74, 6) is 1.24. The Balaban J connectivity index is 1.42. The SMILES string of the molecule is CC1CC(C)C2C3NC(C(OC(=O)c4ccccc4)C3OC(=O)c3ccccc3)C12. The maximum absolute atomic E-state index is 12.8. The highest BCUT2D eigenvalue weighted by molar-refractivity contribution is 5.90. The third-order valence-corrected chi connectivity index (χ3v) is 7.25. The maximum Gasteiger partial charge on any atom is 0.338 e. The minimum atomic E-state index is -0.482. The molecule has 5 heteroatoms. The van der Waals surface area contributed by atoms with Crippen molar-refractivity contribution < 1.29 is 19.1 Å². The van der Waals surface area contributed by atoms with Crippen LogP contribution in [-0.2, 0) is 9.47 Å². The number of hydrogen-bond acceptors (Lipinski definition) is 5. The highest BCUT2D eigenvalue weighted by Crippen LogP contribution is 2.54. The largest absolute Gasteiger partial charge is 0.453 e. The standard InChI is InChI=1S/C25H27NO4/c1-14-13-15(2)19-18(14)20-22(29-24(27)16-9-5-3-6-10-16)23(21(19)26-20)30-25(28)17-11-7-4-8-12-17/h3-12,14-15,18-23,26H,13H2,1-2H3. The van der Waals surface area contributed by atoms with Gasteiger partial charge in [-0.2, -0.15) is 0 Å². The van der Waals surface area contributed by atoms with E-state index in [0.717, 1.165) is 6.42 Å². The number of benzene rings is 2. The van der Waals surface area contributed by atoms with E-state index in [2.05, 4.69) is 19.2 Å². The Kier molecular flexibility index (Phi) is 4.86. The van der Waals surface area contributed by atoms with Gasteiger partial charge in [0, 0.05) is 0 Å². The molecule has 1 N–H and O–H groups in total. The number of fused-ring (bicyclic) bond motifs is 5. The first-order chi connectivity index (χ1) is 14.5. The van der Waals surface area contributed by atoms with E-state index >= 15 is 0 Å². The second kappa shape index (κ2) is 7.55. The number of esters is 2. The fourth-order valence-corrected chi connectivity index (χ4v) is 6.14.